The number of piperazine rings is 1. The van der Waals surface area contributed by atoms with E-state index in [9.17, 15) is 9.59 Å². The second-order valence-electron chi connectivity index (χ2n) is 4.42. The third-order valence-electron chi connectivity index (χ3n) is 2.78. The fourth-order valence-electron chi connectivity index (χ4n) is 1.72. The van der Waals surface area contributed by atoms with Gasteiger partial charge >= 0.3 is 0 Å². The first-order chi connectivity index (χ1) is 7.91. The molecule has 8 heteroatoms. The number of amides is 2. The number of carbonyl (C=O) groups excluding carboxylic acids is 2. The summed E-state index contributed by atoms with van der Waals surface area (Å²) in [5, 5.41) is 14.1. The maximum absolute atomic E-state index is 11.8. The number of rotatable bonds is 2. The van der Waals surface area contributed by atoms with Crippen molar-refractivity contribution in [2.75, 3.05) is 6.54 Å². The quantitative estimate of drug-likeness (QED) is 0.673. The predicted octanol–water partition coefficient (Wildman–Crippen LogP) is -1.55. The fourth-order valence-corrected chi connectivity index (χ4v) is 1.72. The molecular formula is C9H14N6O2. The van der Waals surface area contributed by atoms with Crippen molar-refractivity contribution < 1.29 is 9.59 Å². The molecule has 92 valence electrons. The van der Waals surface area contributed by atoms with E-state index in [4.69, 9.17) is 0 Å². The SMILES string of the molecule is Cn1nnc(CN2C(=O)CNC(=O)C2(C)C)n1. The van der Waals surface area contributed by atoms with Gasteiger partial charge < -0.3 is 10.2 Å². The van der Waals surface area contributed by atoms with Crippen LogP contribution in [-0.2, 0) is 23.2 Å². The average molecular weight is 238 g/mol. The molecular weight excluding hydrogens is 224 g/mol. The Morgan fingerprint density at radius 3 is 2.71 bits per heavy atom. The molecule has 0 saturated carbocycles. The summed E-state index contributed by atoms with van der Waals surface area (Å²) < 4.78 is 0. The maximum atomic E-state index is 11.8. The van der Waals surface area contributed by atoms with Crippen LogP contribution in [0.15, 0.2) is 0 Å². The highest BCUT2D eigenvalue weighted by Gasteiger charge is 2.42. The molecule has 1 N–H and O–H groups in total. The van der Waals surface area contributed by atoms with Gasteiger partial charge in [-0.1, -0.05) is 0 Å². The van der Waals surface area contributed by atoms with Crippen LogP contribution in [-0.4, -0.2) is 49.0 Å². The van der Waals surface area contributed by atoms with Crippen molar-refractivity contribution in [3.63, 3.8) is 0 Å². The summed E-state index contributed by atoms with van der Waals surface area (Å²) >= 11 is 0. The van der Waals surface area contributed by atoms with Gasteiger partial charge in [-0.2, -0.15) is 4.80 Å². The zero-order valence-corrected chi connectivity index (χ0v) is 9.97. The minimum Gasteiger partial charge on any atom is -0.345 e. The molecule has 17 heavy (non-hydrogen) atoms. The van der Waals surface area contributed by atoms with E-state index in [0.29, 0.717) is 5.82 Å². The van der Waals surface area contributed by atoms with E-state index in [1.807, 2.05) is 0 Å². The van der Waals surface area contributed by atoms with E-state index in [1.54, 1.807) is 20.9 Å². The Morgan fingerprint density at radius 1 is 1.41 bits per heavy atom. The first-order valence-corrected chi connectivity index (χ1v) is 5.23. The lowest BCUT2D eigenvalue weighted by molar-refractivity contribution is -0.152. The van der Waals surface area contributed by atoms with Crippen LogP contribution in [0, 0.1) is 0 Å². The van der Waals surface area contributed by atoms with Crippen molar-refractivity contribution in [3.05, 3.63) is 5.82 Å². The molecule has 2 heterocycles. The zero-order valence-electron chi connectivity index (χ0n) is 9.97. The van der Waals surface area contributed by atoms with Gasteiger partial charge in [-0.25, -0.2) is 0 Å². The van der Waals surface area contributed by atoms with Crippen molar-refractivity contribution in [1.82, 2.24) is 30.4 Å². The lowest BCUT2D eigenvalue weighted by Gasteiger charge is -2.40. The molecule has 0 aromatic carbocycles. The summed E-state index contributed by atoms with van der Waals surface area (Å²) in [4.78, 5) is 26.3. The third-order valence-corrected chi connectivity index (χ3v) is 2.78. The van der Waals surface area contributed by atoms with Gasteiger partial charge in [0.2, 0.25) is 11.8 Å². The molecule has 8 nitrogen and oxygen atoms in total. The monoisotopic (exact) mass is 238 g/mol. The summed E-state index contributed by atoms with van der Waals surface area (Å²) in [6.45, 7) is 3.58. The van der Waals surface area contributed by atoms with Gasteiger partial charge in [0.05, 0.1) is 20.1 Å². The van der Waals surface area contributed by atoms with Crippen LogP contribution in [0.5, 0.6) is 0 Å². The Morgan fingerprint density at radius 2 is 2.12 bits per heavy atom. The standard InChI is InChI=1S/C9H14N6O2/c1-9(2)8(17)10-4-7(16)15(9)5-6-11-13-14(3)12-6/h4-5H2,1-3H3,(H,10,17). The van der Waals surface area contributed by atoms with Crippen LogP contribution in [0.1, 0.15) is 19.7 Å². The number of nitrogens with one attached hydrogen (secondary N) is 1. The second-order valence-corrected chi connectivity index (χ2v) is 4.42. The minimum atomic E-state index is -0.894. The van der Waals surface area contributed by atoms with Gasteiger partial charge in [0.15, 0.2) is 5.82 Å². The molecule has 1 aromatic rings. The summed E-state index contributed by atoms with van der Waals surface area (Å²) in [7, 11) is 1.65. The topological polar surface area (TPSA) is 93.0 Å². The largest absolute Gasteiger partial charge is 0.345 e. The summed E-state index contributed by atoms with van der Waals surface area (Å²) in [6, 6.07) is 0. The number of carbonyl (C=O) groups is 2. The Hall–Kier alpha value is -1.99. The molecule has 1 aromatic heterocycles. The van der Waals surface area contributed by atoms with Gasteiger partial charge in [-0.15, -0.1) is 10.2 Å². The molecule has 1 aliphatic rings. The first-order valence-electron chi connectivity index (χ1n) is 5.23. The van der Waals surface area contributed by atoms with Crippen molar-refractivity contribution in [2.24, 2.45) is 7.05 Å². The number of hydrogen-bond acceptors (Lipinski definition) is 5. The van der Waals surface area contributed by atoms with Crippen molar-refractivity contribution in [1.29, 1.82) is 0 Å². The van der Waals surface area contributed by atoms with E-state index in [-0.39, 0.29) is 24.9 Å². The van der Waals surface area contributed by atoms with E-state index in [0.717, 1.165) is 0 Å². The van der Waals surface area contributed by atoms with Crippen LogP contribution in [0.4, 0.5) is 0 Å². The first kappa shape index (κ1) is 11.5. The third kappa shape index (κ3) is 1.97. The van der Waals surface area contributed by atoms with Crippen LogP contribution in [0.25, 0.3) is 0 Å². The molecule has 1 fully saturated rings. The molecule has 0 unspecified atom stereocenters. The van der Waals surface area contributed by atoms with Crippen LogP contribution < -0.4 is 5.32 Å². The summed E-state index contributed by atoms with van der Waals surface area (Å²) in [5.41, 5.74) is -0.894. The molecule has 1 aliphatic heterocycles. The van der Waals surface area contributed by atoms with Crippen molar-refractivity contribution >= 4 is 11.8 Å². The van der Waals surface area contributed by atoms with Crippen molar-refractivity contribution in [3.8, 4) is 0 Å². The van der Waals surface area contributed by atoms with Crippen LogP contribution in [0.2, 0.25) is 0 Å². The molecule has 0 atom stereocenters. The molecule has 0 spiro atoms. The number of aromatic nitrogens is 4. The number of tetrazole rings is 1. The normalized spacial score (nSPS) is 19.4. The predicted molar refractivity (Wildman–Crippen MR) is 56.4 cm³/mol. The smallest absolute Gasteiger partial charge is 0.245 e. The lowest BCUT2D eigenvalue weighted by Crippen LogP contribution is -2.63. The fraction of sp³-hybridized carbons (Fsp3) is 0.667. The highest BCUT2D eigenvalue weighted by atomic mass is 16.2. The molecule has 0 bridgehead atoms. The molecule has 1 saturated heterocycles. The Kier molecular flexibility index (Phi) is 2.56. The van der Waals surface area contributed by atoms with E-state index in [2.05, 4.69) is 20.7 Å². The Labute approximate surface area is 98.0 Å². The Balaban J connectivity index is 2.22. The minimum absolute atomic E-state index is 0.0164. The van der Waals surface area contributed by atoms with Crippen LogP contribution in [0.3, 0.4) is 0 Å². The van der Waals surface area contributed by atoms with Gasteiger partial charge in [-0.05, 0) is 19.1 Å². The van der Waals surface area contributed by atoms with Gasteiger partial charge in [0, 0.05) is 0 Å². The van der Waals surface area contributed by atoms with Crippen LogP contribution >= 0.6 is 0 Å². The van der Waals surface area contributed by atoms with E-state index in [1.165, 1.54) is 9.70 Å². The second kappa shape index (κ2) is 3.79. The molecule has 0 aliphatic carbocycles. The molecule has 2 rings (SSSR count). The van der Waals surface area contributed by atoms with Gasteiger partial charge in [-0.3, -0.25) is 9.59 Å². The van der Waals surface area contributed by atoms with E-state index < -0.39 is 5.54 Å². The zero-order chi connectivity index (χ0) is 12.6. The average Bonchev–Trinajstić information content (AvgIpc) is 2.66. The molecule has 2 amide bonds. The lowest BCUT2D eigenvalue weighted by atomic mass is 9.98. The Bertz CT molecular complexity index is 466. The van der Waals surface area contributed by atoms with Gasteiger partial charge in [0.1, 0.15) is 5.54 Å². The highest BCUT2D eigenvalue weighted by molar-refractivity contribution is 5.97. The van der Waals surface area contributed by atoms with E-state index >= 15 is 0 Å². The number of aryl methyl sites for hydroxylation is 1. The van der Waals surface area contributed by atoms with Gasteiger partial charge in [0.25, 0.3) is 0 Å². The summed E-state index contributed by atoms with van der Waals surface area (Å²) in [5.74, 6) is 0.0895. The number of nitrogens with zero attached hydrogens (tertiary/aromatic N) is 5. The number of hydrogen-bond donors (Lipinski definition) is 1. The molecule has 0 radical (unpaired) electrons. The summed E-state index contributed by atoms with van der Waals surface area (Å²) in [6.07, 6.45) is 0. The highest BCUT2D eigenvalue weighted by Crippen LogP contribution is 2.19. The van der Waals surface area contributed by atoms with Crippen molar-refractivity contribution in [2.45, 2.75) is 25.9 Å². The maximum Gasteiger partial charge on any atom is 0.245 e.